The standard InChI is InChI=1S/C34H52O6/c1-10-19(4)14-33(9,38)17-28(35)40-27-16-32(8)15-24-20(5)11-12-25-21(6)30(36)31(37)34(25,39)22(7)23(24)13-26(32)29(27)18(2)3/h11,18-19,23-27,29,36,38-39H,7,10,12-17H2,1-6,8-9H3/b20-11-/t19?,23-,24-,25+,26+,27?,29-,32+,33?,34-/m0/s1. The SMILES string of the molecule is C=C1[C@@H]2C[C@@H]3[C@H](C(C)C)C(OC(=O)CC(C)(O)CC(C)CC)C[C@@]3(C)C[C@H]2/C(C)=C\C[C@@H]2C(C)=C(O)C(=O)[C@]12O. The van der Waals surface area contributed by atoms with Crippen LogP contribution < -0.4 is 0 Å². The number of Topliss-reactive ketones (excluding diaryl/α,β-unsaturated/α-hetero) is 1. The van der Waals surface area contributed by atoms with Gasteiger partial charge in [0.25, 0.3) is 0 Å². The van der Waals surface area contributed by atoms with Crippen LogP contribution in [-0.4, -0.2) is 44.4 Å². The molecule has 0 aromatic rings. The van der Waals surface area contributed by atoms with Crippen LogP contribution in [0.15, 0.2) is 35.1 Å². The molecule has 3 N–H and O–H groups in total. The summed E-state index contributed by atoms with van der Waals surface area (Å²) < 4.78 is 6.21. The molecule has 4 rings (SSSR count). The Morgan fingerprint density at radius 3 is 2.48 bits per heavy atom. The van der Waals surface area contributed by atoms with Crippen LogP contribution in [0.5, 0.6) is 0 Å². The lowest BCUT2D eigenvalue weighted by Gasteiger charge is -2.51. The topological polar surface area (TPSA) is 104 Å². The smallest absolute Gasteiger partial charge is 0.308 e. The predicted molar refractivity (Wildman–Crippen MR) is 156 cm³/mol. The molecule has 2 saturated carbocycles. The number of carbonyl (C=O) groups is 2. The van der Waals surface area contributed by atoms with Crippen LogP contribution in [0, 0.1) is 46.8 Å². The number of ketones is 1. The fourth-order valence-electron chi connectivity index (χ4n) is 9.05. The van der Waals surface area contributed by atoms with Crippen LogP contribution >= 0.6 is 0 Å². The van der Waals surface area contributed by atoms with Gasteiger partial charge in [-0.1, -0.05) is 59.3 Å². The molecule has 0 radical (unpaired) electrons. The Morgan fingerprint density at radius 2 is 1.88 bits per heavy atom. The number of aliphatic hydroxyl groups excluding tert-OH is 1. The summed E-state index contributed by atoms with van der Waals surface area (Å²) in [6, 6.07) is 0. The Kier molecular flexibility index (Phi) is 8.32. The number of ether oxygens (including phenoxy) is 1. The van der Waals surface area contributed by atoms with E-state index in [0.29, 0.717) is 29.9 Å². The second kappa shape index (κ2) is 10.7. The molecule has 0 spiro atoms. The van der Waals surface area contributed by atoms with Gasteiger partial charge in [-0.3, -0.25) is 9.59 Å². The van der Waals surface area contributed by atoms with Gasteiger partial charge in [0.05, 0.1) is 12.0 Å². The zero-order valence-electron chi connectivity index (χ0n) is 25.9. The van der Waals surface area contributed by atoms with Crippen LogP contribution in [-0.2, 0) is 14.3 Å². The lowest BCUT2D eigenvalue weighted by molar-refractivity contribution is -0.157. The second-order valence-corrected chi connectivity index (χ2v) is 14.7. The van der Waals surface area contributed by atoms with Gasteiger partial charge in [-0.2, -0.15) is 0 Å². The van der Waals surface area contributed by atoms with Gasteiger partial charge in [0.2, 0.25) is 5.78 Å². The van der Waals surface area contributed by atoms with Gasteiger partial charge in [0.15, 0.2) is 11.4 Å². The first-order valence-electron chi connectivity index (χ1n) is 15.4. The highest BCUT2D eigenvalue weighted by Gasteiger charge is 2.62. The number of esters is 1. The number of allylic oxidation sites excluding steroid dienone is 2. The highest BCUT2D eigenvalue weighted by molar-refractivity contribution is 6.06. The summed E-state index contributed by atoms with van der Waals surface area (Å²) in [7, 11) is 0. The molecule has 0 aromatic carbocycles. The van der Waals surface area contributed by atoms with Gasteiger partial charge in [-0.25, -0.2) is 0 Å². The van der Waals surface area contributed by atoms with Crippen LogP contribution in [0.4, 0.5) is 0 Å². The maximum Gasteiger partial charge on any atom is 0.308 e. The molecule has 6 nitrogen and oxygen atoms in total. The van der Waals surface area contributed by atoms with Crippen molar-refractivity contribution in [2.45, 2.75) is 118 Å². The van der Waals surface area contributed by atoms with Gasteiger partial charge in [0.1, 0.15) is 6.10 Å². The Balaban J connectivity index is 1.61. The number of carbonyl (C=O) groups excluding carboxylic acids is 2. The number of hydrogen-bond acceptors (Lipinski definition) is 6. The molecule has 0 heterocycles. The van der Waals surface area contributed by atoms with Crippen molar-refractivity contribution < 1.29 is 29.6 Å². The van der Waals surface area contributed by atoms with Gasteiger partial charge >= 0.3 is 5.97 Å². The summed E-state index contributed by atoms with van der Waals surface area (Å²) in [6.07, 6.45) is 6.23. The average Bonchev–Trinajstić information content (AvgIpc) is 3.22. The van der Waals surface area contributed by atoms with Crippen molar-refractivity contribution in [1.82, 2.24) is 0 Å². The number of rotatable bonds is 7. The minimum absolute atomic E-state index is 0.0175. The highest BCUT2D eigenvalue weighted by atomic mass is 16.5. The highest BCUT2D eigenvalue weighted by Crippen LogP contribution is 2.63. The molecule has 0 amide bonds. The zero-order chi connectivity index (χ0) is 29.9. The fraction of sp³-hybridized carbons (Fsp3) is 0.765. The first-order valence-corrected chi connectivity index (χ1v) is 15.4. The monoisotopic (exact) mass is 556 g/mol. The second-order valence-electron chi connectivity index (χ2n) is 14.7. The summed E-state index contributed by atoms with van der Waals surface area (Å²) in [4.78, 5) is 26.4. The molecule has 6 heteroatoms. The molecular formula is C34H52O6. The lowest BCUT2D eigenvalue weighted by Crippen LogP contribution is -2.50. The normalized spacial score (nSPS) is 41.3. The van der Waals surface area contributed by atoms with E-state index in [9.17, 15) is 24.9 Å². The molecule has 224 valence electrons. The summed E-state index contributed by atoms with van der Waals surface area (Å²) in [6.45, 7) is 20.8. The Labute approximate surface area is 241 Å². The van der Waals surface area contributed by atoms with Crippen LogP contribution in [0.3, 0.4) is 0 Å². The zero-order valence-corrected chi connectivity index (χ0v) is 25.9. The van der Waals surface area contributed by atoms with Crippen molar-refractivity contribution in [2.75, 3.05) is 0 Å². The van der Waals surface area contributed by atoms with Crippen LogP contribution in [0.1, 0.15) is 100 Å². The van der Waals surface area contributed by atoms with E-state index in [0.717, 1.165) is 25.7 Å². The summed E-state index contributed by atoms with van der Waals surface area (Å²) >= 11 is 0. The maximum absolute atomic E-state index is 13.2. The Morgan fingerprint density at radius 1 is 1.23 bits per heavy atom. The molecule has 0 aliphatic heterocycles. The van der Waals surface area contributed by atoms with E-state index < -0.39 is 22.9 Å². The Hall–Kier alpha value is -1.92. The van der Waals surface area contributed by atoms with Gasteiger partial charge in [-0.15, -0.1) is 0 Å². The first-order chi connectivity index (χ1) is 18.5. The summed E-state index contributed by atoms with van der Waals surface area (Å²) in [5, 5.41) is 33.3. The third kappa shape index (κ3) is 5.12. The van der Waals surface area contributed by atoms with Crippen molar-refractivity contribution in [3.63, 3.8) is 0 Å². The van der Waals surface area contributed by atoms with Crippen molar-refractivity contribution in [2.24, 2.45) is 46.8 Å². The molecule has 0 aromatic heterocycles. The maximum atomic E-state index is 13.2. The van der Waals surface area contributed by atoms with Crippen molar-refractivity contribution in [3.05, 3.63) is 35.1 Å². The lowest BCUT2D eigenvalue weighted by atomic mass is 9.54. The fourth-order valence-corrected chi connectivity index (χ4v) is 9.05. The third-order valence-corrected chi connectivity index (χ3v) is 11.4. The molecule has 40 heavy (non-hydrogen) atoms. The average molecular weight is 557 g/mol. The van der Waals surface area contributed by atoms with E-state index in [-0.39, 0.29) is 59.3 Å². The largest absolute Gasteiger partial charge is 0.504 e. The van der Waals surface area contributed by atoms with Crippen LogP contribution in [0.25, 0.3) is 0 Å². The van der Waals surface area contributed by atoms with Gasteiger partial charge in [-0.05, 0) is 99.0 Å². The molecule has 4 aliphatic rings. The quantitative estimate of drug-likeness (QED) is 0.245. The number of hydrogen-bond donors (Lipinski definition) is 3. The van der Waals surface area contributed by atoms with Crippen molar-refractivity contribution in [3.8, 4) is 0 Å². The van der Waals surface area contributed by atoms with Gasteiger partial charge in [0, 0.05) is 11.8 Å². The van der Waals surface area contributed by atoms with E-state index in [2.05, 4.69) is 54.2 Å². The first kappa shape index (κ1) is 31.0. The molecule has 0 saturated heterocycles. The van der Waals surface area contributed by atoms with E-state index in [1.807, 2.05) is 0 Å². The summed E-state index contributed by atoms with van der Waals surface area (Å²) in [5.41, 5.74) is -0.670. The minimum atomic E-state index is -1.79. The molecular weight excluding hydrogens is 504 g/mol. The third-order valence-electron chi connectivity index (χ3n) is 11.4. The van der Waals surface area contributed by atoms with E-state index in [1.54, 1.807) is 13.8 Å². The van der Waals surface area contributed by atoms with Crippen molar-refractivity contribution >= 4 is 11.8 Å². The minimum Gasteiger partial charge on any atom is -0.504 e. The molecule has 10 atom stereocenters. The molecule has 2 fully saturated rings. The van der Waals surface area contributed by atoms with Crippen molar-refractivity contribution in [1.29, 1.82) is 0 Å². The molecule has 0 bridgehead atoms. The van der Waals surface area contributed by atoms with E-state index >= 15 is 0 Å². The molecule has 4 aliphatic carbocycles. The number of aliphatic hydroxyl groups is 3. The molecule has 3 unspecified atom stereocenters. The van der Waals surface area contributed by atoms with E-state index in [4.69, 9.17) is 4.74 Å². The van der Waals surface area contributed by atoms with Gasteiger partial charge < -0.3 is 20.1 Å². The number of fused-ring (bicyclic) bond motifs is 3. The predicted octanol–water partition coefficient (Wildman–Crippen LogP) is 6.47. The Bertz CT molecular complexity index is 1110. The van der Waals surface area contributed by atoms with Crippen LogP contribution in [0.2, 0.25) is 0 Å². The van der Waals surface area contributed by atoms with E-state index in [1.165, 1.54) is 5.57 Å². The summed E-state index contributed by atoms with van der Waals surface area (Å²) in [5.74, 6) is -0.864.